The van der Waals surface area contributed by atoms with Crippen LogP contribution < -0.4 is 0 Å². The Labute approximate surface area is 212 Å². The van der Waals surface area contributed by atoms with Crippen LogP contribution in [0, 0.1) is 0 Å². The van der Waals surface area contributed by atoms with Crippen molar-refractivity contribution >= 4 is 16.0 Å². The van der Waals surface area contributed by atoms with Gasteiger partial charge >= 0.3 is 0 Å². The SMILES string of the molecule is CCCCCCCCCCCCCCCCCC[N+](C)(C)CCN(CCCS(=O)(=O)O)C(C)=O. The van der Waals surface area contributed by atoms with Gasteiger partial charge in [-0.25, -0.2) is 0 Å². The highest BCUT2D eigenvalue weighted by Crippen LogP contribution is 2.14. The van der Waals surface area contributed by atoms with E-state index in [-0.39, 0.29) is 18.1 Å². The Morgan fingerprint density at radius 1 is 0.676 bits per heavy atom. The van der Waals surface area contributed by atoms with Crippen molar-refractivity contribution in [2.75, 3.05) is 46.0 Å². The molecule has 0 heterocycles. The van der Waals surface area contributed by atoms with Crippen LogP contribution in [0.4, 0.5) is 0 Å². The van der Waals surface area contributed by atoms with Crippen molar-refractivity contribution in [2.24, 2.45) is 0 Å². The monoisotopic (exact) mass is 505 g/mol. The van der Waals surface area contributed by atoms with Gasteiger partial charge in [0.25, 0.3) is 10.1 Å². The number of quaternary nitrogens is 1. The summed E-state index contributed by atoms with van der Waals surface area (Å²) in [4.78, 5) is 13.5. The zero-order valence-electron chi connectivity index (χ0n) is 23.0. The fraction of sp³-hybridized carbons (Fsp3) is 0.963. The summed E-state index contributed by atoms with van der Waals surface area (Å²) in [5.74, 6) is -0.341. The van der Waals surface area contributed by atoms with E-state index in [2.05, 4.69) is 21.0 Å². The second-order valence-electron chi connectivity index (χ2n) is 10.8. The van der Waals surface area contributed by atoms with Crippen molar-refractivity contribution in [3.63, 3.8) is 0 Å². The molecule has 34 heavy (non-hydrogen) atoms. The summed E-state index contributed by atoms with van der Waals surface area (Å²) in [5.41, 5.74) is 0. The van der Waals surface area contributed by atoms with E-state index in [1.807, 2.05) is 0 Å². The van der Waals surface area contributed by atoms with Gasteiger partial charge in [-0.3, -0.25) is 9.35 Å². The van der Waals surface area contributed by atoms with Crippen LogP contribution in [0.3, 0.4) is 0 Å². The Balaban J connectivity index is 3.66. The van der Waals surface area contributed by atoms with Gasteiger partial charge in [-0.05, 0) is 19.3 Å². The van der Waals surface area contributed by atoms with Gasteiger partial charge < -0.3 is 9.38 Å². The summed E-state index contributed by atoms with van der Waals surface area (Å²) >= 11 is 0. The summed E-state index contributed by atoms with van der Waals surface area (Å²) in [6.45, 7) is 6.72. The van der Waals surface area contributed by atoms with Gasteiger partial charge in [-0.2, -0.15) is 8.42 Å². The Kier molecular flexibility index (Phi) is 20.1. The van der Waals surface area contributed by atoms with E-state index in [1.165, 1.54) is 110 Å². The molecular weight excluding hydrogens is 448 g/mol. The maximum atomic E-state index is 11.8. The molecule has 0 aromatic carbocycles. The van der Waals surface area contributed by atoms with E-state index in [0.29, 0.717) is 13.1 Å². The summed E-state index contributed by atoms with van der Waals surface area (Å²) in [5, 5.41) is 0. The van der Waals surface area contributed by atoms with Crippen LogP contribution in [0.1, 0.15) is 123 Å². The smallest absolute Gasteiger partial charge is 0.264 e. The van der Waals surface area contributed by atoms with Gasteiger partial charge in [0.2, 0.25) is 5.91 Å². The van der Waals surface area contributed by atoms with Crippen molar-refractivity contribution in [2.45, 2.75) is 123 Å². The largest absolute Gasteiger partial charge is 0.337 e. The van der Waals surface area contributed by atoms with Gasteiger partial charge in [0.1, 0.15) is 0 Å². The molecule has 0 aliphatic heterocycles. The van der Waals surface area contributed by atoms with Crippen LogP contribution in [-0.2, 0) is 14.9 Å². The highest BCUT2D eigenvalue weighted by atomic mass is 32.2. The third kappa shape index (κ3) is 23.1. The fourth-order valence-electron chi connectivity index (χ4n) is 4.46. The zero-order valence-corrected chi connectivity index (χ0v) is 23.8. The normalized spacial score (nSPS) is 12.3. The number of carbonyl (C=O) groups excluding carboxylic acids is 1. The summed E-state index contributed by atoms with van der Waals surface area (Å²) in [6.07, 6.45) is 22.3. The second-order valence-corrected chi connectivity index (χ2v) is 12.4. The molecule has 204 valence electrons. The highest BCUT2D eigenvalue weighted by molar-refractivity contribution is 7.85. The summed E-state index contributed by atoms with van der Waals surface area (Å²) in [6, 6.07) is 0. The number of rotatable bonds is 24. The van der Waals surface area contributed by atoms with Gasteiger partial charge in [0.15, 0.2) is 0 Å². The minimum absolute atomic E-state index is 0.0438. The standard InChI is InChI=1S/C27H56N2O4S/c1-5-6-7-8-9-10-11-12-13-14-15-16-17-18-19-20-24-29(3,4)25-23-28(27(2)30)22-21-26-34(31,32)33/h5-26H2,1-4H3/p+1. The minimum Gasteiger partial charge on any atom is -0.337 e. The average molecular weight is 506 g/mol. The van der Waals surface area contributed by atoms with Crippen molar-refractivity contribution < 1.29 is 22.2 Å². The van der Waals surface area contributed by atoms with Crippen molar-refractivity contribution in [1.29, 1.82) is 0 Å². The highest BCUT2D eigenvalue weighted by Gasteiger charge is 2.18. The molecule has 0 rings (SSSR count). The molecule has 0 radical (unpaired) electrons. The number of amides is 1. The number of hydrogen-bond acceptors (Lipinski definition) is 3. The molecule has 0 bridgehead atoms. The maximum absolute atomic E-state index is 11.8. The molecule has 0 saturated heterocycles. The van der Waals surface area contributed by atoms with Gasteiger partial charge in [-0.1, -0.05) is 96.8 Å². The lowest BCUT2D eigenvalue weighted by molar-refractivity contribution is -0.889. The lowest BCUT2D eigenvalue weighted by Crippen LogP contribution is -2.47. The van der Waals surface area contributed by atoms with Gasteiger partial charge in [0, 0.05) is 13.5 Å². The molecule has 0 saturated carbocycles. The van der Waals surface area contributed by atoms with Gasteiger partial charge in [-0.15, -0.1) is 0 Å². The van der Waals surface area contributed by atoms with E-state index in [0.717, 1.165) is 17.6 Å². The molecule has 7 heteroatoms. The molecule has 6 nitrogen and oxygen atoms in total. The lowest BCUT2D eigenvalue weighted by atomic mass is 10.0. The quantitative estimate of drug-likeness (QED) is 0.0929. The van der Waals surface area contributed by atoms with Crippen molar-refractivity contribution in [3.05, 3.63) is 0 Å². The second kappa shape index (κ2) is 20.5. The van der Waals surface area contributed by atoms with Crippen LogP contribution >= 0.6 is 0 Å². The van der Waals surface area contributed by atoms with Crippen molar-refractivity contribution in [3.8, 4) is 0 Å². The molecule has 0 aromatic rings. The zero-order chi connectivity index (χ0) is 25.7. The first-order chi connectivity index (χ1) is 16.1. The first kappa shape index (κ1) is 33.3. The molecule has 0 atom stereocenters. The summed E-state index contributed by atoms with van der Waals surface area (Å²) < 4.78 is 31.5. The Bertz CT molecular complexity index is 593. The number of unbranched alkanes of at least 4 members (excludes halogenated alkanes) is 15. The Hall–Kier alpha value is -0.660. The first-order valence-corrected chi connectivity index (χ1v) is 15.7. The van der Waals surface area contributed by atoms with Crippen LogP contribution in [-0.4, -0.2) is 74.3 Å². The van der Waals surface area contributed by atoms with E-state index in [4.69, 9.17) is 4.55 Å². The van der Waals surface area contributed by atoms with Crippen LogP contribution in [0.15, 0.2) is 0 Å². The predicted octanol–water partition coefficient (Wildman–Crippen LogP) is 6.45. The van der Waals surface area contributed by atoms with E-state index >= 15 is 0 Å². The number of likely N-dealkylation sites (N-methyl/N-ethyl adjacent to an activating group) is 1. The van der Waals surface area contributed by atoms with Crippen LogP contribution in [0.2, 0.25) is 0 Å². The molecule has 1 amide bonds. The number of carbonyl (C=O) groups is 1. The van der Waals surface area contributed by atoms with Gasteiger partial charge in [0.05, 0.1) is 39.5 Å². The predicted molar refractivity (Wildman–Crippen MR) is 145 cm³/mol. The molecule has 1 N–H and O–H groups in total. The molecule has 0 aromatic heterocycles. The van der Waals surface area contributed by atoms with E-state index < -0.39 is 10.1 Å². The number of hydrogen-bond donors (Lipinski definition) is 1. The van der Waals surface area contributed by atoms with Crippen LogP contribution in [0.5, 0.6) is 0 Å². The fourth-order valence-corrected chi connectivity index (χ4v) is 4.95. The Morgan fingerprint density at radius 2 is 1.09 bits per heavy atom. The average Bonchev–Trinajstić information content (AvgIpc) is 2.74. The third-order valence-electron chi connectivity index (χ3n) is 6.87. The molecule has 0 aliphatic carbocycles. The first-order valence-electron chi connectivity index (χ1n) is 14.1. The topological polar surface area (TPSA) is 74.7 Å². The van der Waals surface area contributed by atoms with Crippen molar-refractivity contribution in [1.82, 2.24) is 4.90 Å². The minimum atomic E-state index is -3.96. The molecule has 0 spiro atoms. The number of nitrogens with zero attached hydrogens (tertiary/aromatic N) is 2. The molecular formula is C27H57N2O4S+. The van der Waals surface area contributed by atoms with E-state index in [1.54, 1.807) is 4.90 Å². The molecule has 0 unspecified atom stereocenters. The maximum Gasteiger partial charge on any atom is 0.264 e. The third-order valence-corrected chi connectivity index (χ3v) is 7.67. The Morgan fingerprint density at radius 3 is 1.47 bits per heavy atom. The summed E-state index contributed by atoms with van der Waals surface area (Å²) in [7, 11) is 0.428. The lowest BCUT2D eigenvalue weighted by Gasteiger charge is -2.32. The molecule has 0 fully saturated rings. The van der Waals surface area contributed by atoms with E-state index in [9.17, 15) is 13.2 Å². The van der Waals surface area contributed by atoms with Crippen LogP contribution in [0.25, 0.3) is 0 Å². The molecule has 0 aliphatic rings.